The molecule has 3 amide bonds. The van der Waals surface area contributed by atoms with E-state index in [2.05, 4.69) is 5.32 Å². The minimum atomic E-state index is -0.430. The van der Waals surface area contributed by atoms with Gasteiger partial charge in [0.2, 0.25) is 17.7 Å². The Morgan fingerprint density at radius 3 is 2.48 bits per heavy atom. The third kappa shape index (κ3) is 2.95. The summed E-state index contributed by atoms with van der Waals surface area (Å²) in [5.74, 6) is -1.36. The van der Waals surface area contributed by atoms with Crippen molar-refractivity contribution >= 4 is 23.4 Å². The first-order chi connectivity index (χ1) is 11.1. The average Bonchev–Trinajstić information content (AvgIpc) is 2.80. The fourth-order valence-electron chi connectivity index (χ4n) is 3.40. The summed E-state index contributed by atoms with van der Waals surface area (Å²) in [6.45, 7) is -0.262. The molecule has 3 rings (SSSR count). The van der Waals surface area contributed by atoms with E-state index in [1.165, 1.54) is 0 Å². The van der Waals surface area contributed by atoms with Gasteiger partial charge in [0.15, 0.2) is 0 Å². The molecule has 2 aliphatic rings. The minimum Gasteiger partial charge on any atom is -0.324 e. The van der Waals surface area contributed by atoms with Crippen LogP contribution in [0.4, 0.5) is 5.69 Å². The number of nitrogens with one attached hydrogen (secondary N) is 1. The predicted molar refractivity (Wildman–Crippen MR) is 82.0 cm³/mol. The van der Waals surface area contributed by atoms with Crippen LogP contribution in [0.5, 0.6) is 0 Å². The Kier molecular flexibility index (Phi) is 4.11. The lowest BCUT2D eigenvalue weighted by Gasteiger charge is -2.19. The van der Waals surface area contributed by atoms with Crippen LogP contribution in [0.25, 0.3) is 0 Å². The lowest BCUT2D eigenvalue weighted by molar-refractivity contribution is -0.142. The maximum atomic E-state index is 12.3. The monoisotopic (exact) mass is 311 g/mol. The van der Waals surface area contributed by atoms with E-state index in [0.29, 0.717) is 11.3 Å². The minimum absolute atomic E-state index is 0.222. The fraction of sp³-hybridized carbons (Fsp3) is 0.412. The standard InChI is InChI=1S/C17H17N3O3/c18-9-11-4-3-5-12(8-11)19-15(21)10-20-16(22)13-6-1-2-7-14(13)17(20)23/h3-5,8,13-14H,1-2,6-7,10H2,(H,19,21). The van der Waals surface area contributed by atoms with Gasteiger partial charge < -0.3 is 5.32 Å². The first-order valence-corrected chi connectivity index (χ1v) is 7.75. The normalized spacial score (nSPS) is 23.3. The highest BCUT2D eigenvalue weighted by Gasteiger charge is 2.48. The van der Waals surface area contributed by atoms with Crippen molar-refractivity contribution in [1.29, 1.82) is 5.26 Å². The Balaban J connectivity index is 1.67. The molecule has 1 aliphatic heterocycles. The van der Waals surface area contributed by atoms with Gasteiger partial charge in [-0.25, -0.2) is 0 Å². The molecular weight excluding hydrogens is 294 g/mol. The molecule has 0 spiro atoms. The fourth-order valence-corrected chi connectivity index (χ4v) is 3.40. The second kappa shape index (κ2) is 6.21. The van der Waals surface area contributed by atoms with Gasteiger partial charge in [0.25, 0.3) is 0 Å². The van der Waals surface area contributed by atoms with Crippen LogP contribution in [0.3, 0.4) is 0 Å². The van der Waals surface area contributed by atoms with E-state index in [4.69, 9.17) is 5.26 Å². The van der Waals surface area contributed by atoms with Crippen LogP contribution in [0.15, 0.2) is 24.3 Å². The van der Waals surface area contributed by atoms with E-state index in [9.17, 15) is 14.4 Å². The number of likely N-dealkylation sites (tertiary alicyclic amines) is 1. The number of benzene rings is 1. The maximum absolute atomic E-state index is 12.3. The Hall–Kier alpha value is -2.68. The van der Waals surface area contributed by atoms with Crippen molar-refractivity contribution < 1.29 is 14.4 Å². The molecule has 1 aromatic rings. The van der Waals surface area contributed by atoms with Gasteiger partial charge in [-0.15, -0.1) is 0 Å². The van der Waals surface area contributed by atoms with Crippen LogP contribution >= 0.6 is 0 Å². The van der Waals surface area contributed by atoms with Crippen molar-refractivity contribution in [2.45, 2.75) is 25.7 Å². The van der Waals surface area contributed by atoms with E-state index >= 15 is 0 Å². The molecule has 118 valence electrons. The van der Waals surface area contributed by atoms with Gasteiger partial charge in [0, 0.05) is 5.69 Å². The Bertz CT molecular complexity index is 683. The van der Waals surface area contributed by atoms with Crippen molar-refractivity contribution in [1.82, 2.24) is 4.90 Å². The van der Waals surface area contributed by atoms with Gasteiger partial charge in [-0.05, 0) is 31.0 Å². The molecule has 1 N–H and O–H groups in total. The number of hydrogen-bond acceptors (Lipinski definition) is 4. The van der Waals surface area contributed by atoms with Crippen LogP contribution < -0.4 is 5.32 Å². The molecule has 6 nitrogen and oxygen atoms in total. The van der Waals surface area contributed by atoms with Crippen LogP contribution in [-0.2, 0) is 14.4 Å². The third-order valence-corrected chi connectivity index (χ3v) is 4.51. The van der Waals surface area contributed by atoms with Gasteiger partial charge in [-0.1, -0.05) is 18.9 Å². The van der Waals surface area contributed by atoms with Crippen molar-refractivity contribution in [3.05, 3.63) is 29.8 Å². The number of fused-ring (bicyclic) bond motifs is 1. The first-order valence-electron chi connectivity index (χ1n) is 7.75. The van der Waals surface area contributed by atoms with Crippen LogP contribution in [0, 0.1) is 23.2 Å². The van der Waals surface area contributed by atoms with Gasteiger partial charge in [0.05, 0.1) is 23.5 Å². The number of nitrogens with zero attached hydrogens (tertiary/aromatic N) is 2. The molecule has 1 saturated heterocycles. The number of amides is 3. The zero-order valence-corrected chi connectivity index (χ0v) is 12.6. The van der Waals surface area contributed by atoms with Crippen LogP contribution in [0.1, 0.15) is 31.2 Å². The number of carbonyl (C=O) groups is 3. The molecule has 0 bridgehead atoms. The zero-order valence-electron chi connectivity index (χ0n) is 12.6. The molecule has 1 heterocycles. The topological polar surface area (TPSA) is 90.3 Å². The van der Waals surface area contributed by atoms with Crippen molar-refractivity contribution in [2.24, 2.45) is 11.8 Å². The molecule has 0 radical (unpaired) electrons. The Labute approximate surface area is 134 Å². The number of hydrogen-bond donors (Lipinski definition) is 1. The zero-order chi connectivity index (χ0) is 16.4. The molecule has 2 unspecified atom stereocenters. The molecule has 1 aromatic carbocycles. The quantitative estimate of drug-likeness (QED) is 0.860. The molecule has 2 atom stereocenters. The largest absolute Gasteiger partial charge is 0.324 e. The molecule has 6 heteroatoms. The number of rotatable bonds is 3. The van der Waals surface area contributed by atoms with Crippen molar-refractivity contribution in [3.8, 4) is 6.07 Å². The smallest absolute Gasteiger partial charge is 0.244 e. The van der Waals surface area contributed by atoms with Gasteiger partial charge in [-0.2, -0.15) is 5.26 Å². The van der Waals surface area contributed by atoms with Crippen molar-refractivity contribution in [3.63, 3.8) is 0 Å². The summed E-state index contributed by atoms with van der Waals surface area (Å²) < 4.78 is 0. The van der Waals surface area contributed by atoms with E-state index < -0.39 is 5.91 Å². The SMILES string of the molecule is N#Cc1cccc(NC(=O)CN2C(=O)C3CCCCC3C2=O)c1. The summed E-state index contributed by atoms with van der Waals surface area (Å²) in [5.41, 5.74) is 0.910. The molecule has 1 saturated carbocycles. The molecule has 0 aromatic heterocycles. The number of nitriles is 1. The number of imide groups is 1. The first kappa shape index (κ1) is 15.2. The highest BCUT2D eigenvalue weighted by molar-refractivity contribution is 6.08. The summed E-state index contributed by atoms with van der Waals surface area (Å²) in [6, 6.07) is 8.49. The maximum Gasteiger partial charge on any atom is 0.244 e. The number of anilines is 1. The summed E-state index contributed by atoms with van der Waals surface area (Å²) in [4.78, 5) is 37.9. The Morgan fingerprint density at radius 1 is 1.22 bits per heavy atom. The molecular formula is C17H17N3O3. The highest BCUT2D eigenvalue weighted by Crippen LogP contribution is 2.37. The second-order valence-electron chi connectivity index (χ2n) is 6.00. The Morgan fingerprint density at radius 2 is 1.87 bits per heavy atom. The van der Waals surface area contributed by atoms with Gasteiger partial charge >= 0.3 is 0 Å². The second-order valence-corrected chi connectivity index (χ2v) is 6.00. The lowest BCUT2D eigenvalue weighted by Crippen LogP contribution is -2.38. The lowest BCUT2D eigenvalue weighted by atomic mass is 9.81. The molecule has 2 fully saturated rings. The molecule has 1 aliphatic carbocycles. The van der Waals surface area contributed by atoms with E-state index in [1.54, 1.807) is 24.3 Å². The van der Waals surface area contributed by atoms with Crippen LogP contribution in [0.2, 0.25) is 0 Å². The third-order valence-electron chi connectivity index (χ3n) is 4.51. The summed E-state index contributed by atoms with van der Waals surface area (Å²) in [5, 5.41) is 11.5. The molecule has 23 heavy (non-hydrogen) atoms. The van der Waals surface area contributed by atoms with Crippen LogP contribution in [-0.4, -0.2) is 29.2 Å². The highest BCUT2D eigenvalue weighted by atomic mass is 16.2. The van der Waals surface area contributed by atoms with E-state index in [-0.39, 0.29) is 30.2 Å². The average molecular weight is 311 g/mol. The van der Waals surface area contributed by atoms with E-state index in [0.717, 1.165) is 30.6 Å². The summed E-state index contributed by atoms with van der Waals surface area (Å²) in [6.07, 6.45) is 3.39. The van der Waals surface area contributed by atoms with Gasteiger partial charge in [-0.3, -0.25) is 19.3 Å². The number of carbonyl (C=O) groups excluding carboxylic acids is 3. The predicted octanol–water partition coefficient (Wildman–Crippen LogP) is 1.67. The van der Waals surface area contributed by atoms with Gasteiger partial charge in [0.1, 0.15) is 6.54 Å². The van der Waals surface area contributed by atoms with E-state index in [1.807, 2.05) is 6.07 Å². The summed E-state index contributed by atoms with van der Waals surface area (Å²) >= 11 is 0. The van der Waals surface area contributed by atoms with Crippen molar-refractivity contribution in [2.75, 3.05) is 11.9 Å². The summed E-state index contributed by atoms with van der Waals surface area (Å²) in [7, 11) is 0.